The highest BCUT2D eigenvalue weighted by molar-refractivity contribution is 6.30. The number of piperidine rings is 1. The zero-order valence-electron chi connectivity index (χ0n) is 11.7. The Bertz CT molecular complexity index is 387. The predicted octanol–water partition coefficient (Wildman–Crippen LogP) is 2.59. The van der Waals surface area contributed by atoms with E-state index in [1.165, 1.54) is 24.8 Å². The smallest absolute Gasteiger partial charge is 0.0460 e. The van der Waals surface area contributed by atoms with Crippen LogP contribution >= 0.6 is 11.6 Å². The van der Waals surface area contributed by atoms with Crippen LogP contribution in [0.5, 0.6) is 0 Å². The Hall–Kier alpha value is -0.610. The molecule has 0 aliphatic carbocycles. The molecule has 3 N–H and O–H groups in total. The van der Waals surface area contributed by atoms with Crippen molar-refractivity contribution in [1.82, 2.24) is 10.4 Å². The molecule has 1 aromatic carbocycles. The van der Waals surface area contributed by atoms with Crippen LogP contribution in [-0.2, 0) is 6.42 Å². The second-order valence-electron chi connectivity index (χ2n) is 5.73. The monoisotopic (exact) mass is 281 g/mol. The molecule has 0 amide bonds. The normalized spacial score (nSPS) is 20.2. The molecule has 0 spiro atoms. The van der Waals surface area contributed by atoms with Crippen molar-refractivity contribution in [2.24, 2.45) is 5.73 Å². The highest BCUT2D eigenvalue weighted by Crippen LogP contribution is 2.17. The van der Waals surface area contributed by atoms with E-state index in [-0.39, 0.29) is 5.54 Å². The van der Waals surface area contributed by atoms with Gasteiger partial charge in [-0.15, -0.1) is 0 Å². The molecule has 0 radical (unpaired) electrons. The lowest BCUT2D eigenvalue weighted by molar-refractivity contribution is 0.0910. The summed E-state index contributed by atoms with van der Waals surface area (Å²) in [6.07, 6.45) is 4.80. The molecule has 1 fully saturated rings. The molecule has 0 saturated carbocycles. The van der Waals surface area contributed by atoms with Crippen molar-refractivity contribution in [2.45, 2.75) is 38.1 Å². The minimum Gasteiger partial charge on any atom is -0.329 e. The Morgan fingerprint density at radius 2 is 1.84 bits per heavy atom. The first-order valence-corrected chi connectivity index (χ1v) is 7.46. The molecule has 1 heterocycles. The van der Waals surface area contributed by atoms with Gasteiger partial charge in [-0.05, 0) is 43.9 Å². The Labute approximate surface area is 121 Å². The first-order chi connectivity index (χ1) is 9.11. The van der Waals surface area contributed by atoms with Crippen molar-refractivity contribution in [2.75, 3.05) is 19.6 Å². The fraction of sp³-hybridized carbons (Fsp3) is 0.600. The van der Waals surface area contributed by atoms with Crippen LogP contribution in [0.1, 0.15) is 31.7 Å². The van der Waals surface area contributed by atoms with Crippen LogP contribution in [0.3, 0.4) is 0 Å². The summed E-state index contributed by atoms with van der Waals surface area (Å²) in [5.74, 6) is 0. The Morgan fingerprint density at radius 3 is 2.42 bits per heavy atom. The summed E-state index contributed by atoms with van der Waals surface area (Å²) in [4.78, 5) is 0. The Kier molecular flexibility index (Phi) is 5.22. The average molecular weight is 282 g/mol. The van der Waals surface area contributed by atoms with E-state index in [0.717, 1.165) is 24.5 Å². The first kappa shape index (κ1) is 14.8. The summed E-state index contributed by atoms with van der Waals surface area (Å²) in [6.45, 7) is 5.05. The van der Waals surface area contributed by atoms with Crippen LogP contribution in [-0.4, -0.2) is 30.2 Å². The van der Waals surface area contributed by atoms with Gasteiger partial charge in [0.05, 0.1) is 0 Å². The van der Waals surface area contributed by atoms with Gasteiger partial charge in [0.15, 0.2) is 0 Å². The van der Waals surface area contributed by atoms with E-state index in [9.17, 15) is 0 Å². The number of nitrogens with one attached hydrogen (secondary N) is 1. The molecule has 1 aliphatic heterocycles. The zero-order chi connectivity index (χ0) is 13.7. The van der Waals surface area contributed by atoms with Crippen LogP contribution in [0.2, 0.25) is 5.02 Å². The molecule has 1 atom stereocenters. The topological polar surface area (TPSA) is 41.3 Å². The zero-order valence-corrected chi connectivity index (χ0v) is 12.4. The van der Waals surface area contributed by atoms with E-state index in [4.69, 9.17) is 17.3 Å². The summed E-state index contributed by atoms with van der Waals surface area (Å²) >= 11 is 5.92. The third kappa shape index (κ3) is 4.46. The molecule has 1 unspecified atom stereocenters. The summed E-state index contributed by atoms with van der Waals surface area (Å²) in [5.41, 5.74) is 10.8. The molecule has 2 rings (SSSR count). The van der Waals surface area contributed by atoms with Crippen LogP contribution in [0.15, 0.2) is 24.3 Å². The second-order valence-corrected chi connectivity index (χ2v) is 6.16. The van der Waals surface area contributed by atoms with Crippen LogP contribution in [0.4, 0.5) is 0 Å². The van der Waals surface area contributed by atoms with Gasteiger partial charge in [0, 0.05) is 30.2 Å². The number of benzene rings is 1. The van der Waals surface area contributed by atoms with Gasteiger partial charge in [-0.25, -0.2) is 10.4 Å². The van der Waals surface area contributed by atoms with Gasteiger partial charge < -0.3 is 5.73 Å². The molecule has 0 aromatic heterocycles. The molecular formula is C15H24ClN3. The van der Waals surface area contributed by atoms with Crippen molar-refractivity contribution in [3.63, 3.8) is 0 Å². The van der Waals surface area contributed by atoms with Gasteiger partial charge in [0.2, 0.25) is 0 Å². The Balaban J connectivity index is 1.98. The van der Waals surface area contributed by atoms with E-state index >= 15 is 0 Å². The number of nitrogens with zero attached hydrogens (tertiary/aromatic N) is 1. The molecule has 3 nitrogen and oxygen atoms in total. The number of hydrogen-bond acceptors (Lipinski definition) is 3. The molecule has 1 saturated heterocycles. The molecule has 19 heavy (non-hydrogen) atoms. The van der Waals surface area contributed by atoms with Crippen LogP contribution < -0.4 is 11.2 Å². The van der Waals surface area contributed by atoms with Gasteiger partial charge in [-0.3, -0.25) is 0 Å². The molecule has 4 heteroatoms. The van der Waals surface area contributed by atoms with Crippen molar-refractivity contribution in [3.05, 3.63) is 34.9 Å². The minimum atomic E-state index is -0.0921. The number of nitrogens with two attached hydrogens (primary N) is 1. The van der Waals surface area contributed by atoms with E-state index in [2.05, 4.69) is 29.5 Å². The number of rotatable bonds is 5. The summed E-state index contributed by atoms with van der Waals surface area (Å²) in [7, 11) is 0. The molecule has 1 aliphatic rings. The number of hydrazine groups is 1. The predicted molar refractivity (Wildman–Crippen MR) is 81.2 cm³/mol. The van der Waals surface area contributed by atoms with Crippen LogP contribution in [0.25, 0.3) is 0 Å². The molecule has 1 aromatic rings. The van der Waals surface area contributed by atoms with E-state index in [1.807, 2.05) is 12.1 Å². The highest BCUT2D eigenvalue weighted by Gasteiger charge is 2.26. The fourth-order valence-corrected chi connectivity index (χ4v) is 2.72. The molecule has 106 valence electrons. The van der Waals surface area contributed by atoms with Crippen molar-refractivity contribution >= 4 is 11.6 Å². The molecule has 0 bridgehead atoms. The highest BCUT2D eigenvalue weighted by atomic mass is 35.5. The third-order valence-electron chi connectivity index (χ3n) is 3.74. The minimum absolute atomic E-state index is 0.0921. The maximum Gasteiger partial charge on any atom is 0.0460 e. The Morgan fingerprint density at radius 1 is 1.21 bits per heavy atom. The van der Waals surface area contributed by atoms with Gasteiger partial charge in [0.1, 0.15) is 0 Å². The number of hydrogen-bond donors (Lipinski definition) is 2. The van der Waals surface area contributed by atoms with E-state index in [1.54, 1.807) is 0 Å². The SMILES string of the molecule is CC(CN)(Cc1ccc(Cl)cc1)NN1CCCCC1. The van der Waals surface area contributed by atoms with Crippen LogP contribution in [0, 0.1) is 0 Å². The van der Waals surface area contributed by atoms with Crippen molar-refractivity contribution in [1.29, 1.82) is 0 Å². The van der Waals surface area contributed by atoms with Crippen molar-refractivity contribution in [3.8, 4) is 0 Å². The second kappa shape index (κ2) is 6.71. The quantitative estimate of drug-likeness (QED) is 0.872. The first-order valence-electron chi connectivity index (χ1n) is 7.09. The summed E-state index contributed by atoms with van der Waals surface area (Å²) < 4.78 is 0. The van der Waals surface area contributed by atoms with Gasteiger partial charge in [-0.2, -0.15) is 0 Å². The maximum atomic E-state index is 5.99. The lowest BCUT2D eigenvalue weighted by Crippen LogP contribution is -2.58. The lowest BCUT2D eigenvalue weighted by Gasteiger charge is -2.38. The number of halogens is 1. The molecular weight excluding hydrogens is 258 g/mol. The van der Waals surface area contributed by atoms with Gasteiger partial charge in [0.25, 0.3) is 0 Å². The maximum absolute atomic E-state index is 5.99. The lowest BCUT2D eigenvalue weighted by atomic mass is 9.93. The van der Waals surface area contributed by atoms with E-state index < -0.39 is 0 Å². The largest absolute Gasteiger partial charge is 0.329 e. The third-order valence-corrected chi connectivity index (χ3v) is 3.99. The fourth-order valence-electron chi connectivity index (χ4n) is 2.60. The summed E-state index contributed by atoms with van der Waals surface area (Å²) in [6, 6.07) is 8.03. The van der Waals surface area contributed by atoms with Crippen molar-refractivity contribution < 1.29 is 0 Å². The van der Waals surface area contributed by atoms with E-state index in [0.29, 0.717) is 6.54 Å². The van der Waals surface area contributed by atoms with Gasteiger partial charge in [-0.1, -0.05) is 30.2 Å². The summed E-state index contributed by atoms with van der Waals surface area (Å²) in [5, 5.41) is 3.11. The van der Waals surface area contributed by atoms with Gasteiger partial charge >= 0.3 is 0 Å². The average Bonchev–Trinajstić information content (AvgIpc) is 2.42. The standard InChI is InChI=1S/C15H24ClN3/c1-15(12-17,18-19-9-3-2-4-10-19)11-13-5-7-14(16)8-6-13/h5-8,18H,2-4,9-12,17H2,1H3.